The molecule has 1 N–H and O–H groups in total. The Morgan fingerprint density at radius 2 is 1.70 bits per heavy atom. The molecule has 0 unspecified atom stereocenters. The molecule has 1 heterocycles. The summed E-state index contributed by atoms with van der Waals surface area (Å²) in [5.74, 6) is -0.307. The summed E-state index contributed by atoms with van der Waals surface area (Å²) in [5.41, 5.74) is 0.630. The zero-order chi connectivity index (χ0) is 17.0. The fourth-order valence-electron chi connectivity index (χ4n) is 2.42. The maximum absolute atomic E-state index is 12.5. The molecule has 0 aromatic heterocycles. The SMILES string of the molecule is CC(C)(C)NC(=O)c1cccc(C(=O)N2CCN(C=O)CC2)c1. The van der Waals surface area contributed by atoms with Crippen LogP contribution < -0.4 is 5.32 Å². The van der Waals surface area contributed by atoms with E-state index in [1.807, 2.05) is 20.8 Å². The fourth-order valence-corrected chi connectivity index (χ4v) is 2.42. The molecule has 0 radical (unpaired) electrons. The van der Waals surface area contributed by atoms with Crippen LogP contribution in [-0.2, 0) is 4.79 Å². The van der Waals surface area contributed by atoms with Gasteiger partial charge < -0.3 is 15.1 Å². The lowest BCUT2D eigenvalue weighted by Gasteiger charge is -2.32. The molecule has 0 bridgehead atoms. The monoisotopic (exact) mass is 317 g/mol. The van der Waals surface area contributed by atoms with Gasteiger partial charge in [-0.1, -0.05) is 6.07 Å². The molecule has 1 saturated heterocycles. The van der Waals surface area contributed by atoms with Crippen LogP contribution in [0.5, 0.6) is 0 Å². The Morgan fingerprint density at radius 1 is 1.09 bits per heavy atom. The molecule has 6 heteroatoms. The van der Waals surface area contributed by atoms with E-state index in [-0.39, 0.29) is 17.4 Å². The van der Waals surface area contributed by atoms with Gasteiger partial charge in [-0.05, 0) is 39.0 Å². The van der Waals surface area contributed by atoms with E-state index in [4.69, 9.17) is 0 Å². The molecule has 0 saturated carbocycles. The van der Waals surface area contributed by atoms with Crippen LogP contribution in [0.25, 0.3) is 0 Å². The summed E-state index contributed by atoms with van der Waals surface area (Å²) in [5, 5.41) is 2.89. The maximum atomic E-state index is 12.5. The molecule has 124 valence electrons. The van der Waals surface area contributed by atoms with Crippen molar-refractivity contribution in [3.05, 3.63) is 35.4 Å². The molecule has 1 aromatic carbocycles. The Hall–Kier alpha value is -2.37. The third-order valence-corrected chi connectivity index (χ3v) is 3.61. The second-order valence-electron chi connectivity index (χ2n) is 6.72. The summed E-state index contributed by atoms with van der Waals surface area (Å²) in [6.45, 7) is 7.83. The van der Waals surface area contributed by atoms with Gasteiger partial charge in [0.1, 0.15) is 0 Å². The first-order valence-corrected chi connectivity index (χ1v) is 7.71. The Balaban J connectivity index is 2.09. The van der Waals surface area contributed by atoms with E-state index in [9.17, 15) is 14.4 Å². The zero-order valence-corrected chi connectivity index (χ0v) is 13.8. The summed E-state index contributed by atoms with van der Waals surface area (Å²) in [6, 6.07) is 6.74. The Labute approximate surface area is 136 Å². The lowest BCUT2D eigenvalue weighted by Crippen LogP contribution is -2.48. The minimum absolute atomic E-state index is 0.110. The number of rotatable bonds is 3. The van der Waals surface area contributed by atoms with Gasteiger partial charge in [0.25, 0.3) is 11.8 Å². The van der Waals surface area contributed by atoms with Crippen LogP contribution >= 0.6 is 0 Å². The highest BCUT2D eigenvalue weighted by atomic mass is 16.2. The molecule has 0 atom stereocenters. The number of carbonyl (C=O) groups is 3. The summed E-state index contributed by atoms with van der Waals surface area (Å²) in [6.07, 6.45) is 0.805. The topological polar surface area (TPSA) is 69.7 Å². The normalized spacial score (nSPS) is 15.3. The van der Waals surface area contributed by atoms with Crippen LogP contribution in [-0.4, -0.2) is 59.7 Å². The molecule has 6 nitrogen and oxygen atoms in total. The van der Waals surface area contributed by atoms with Crippen molar-refractivity contribution in [2.24, 2.45) is 0 Å². The maximum Gasteiger partial charge on any atom is 0.253 e. The number of carbonyl (C=O) groups excluding carboxylic acids is 3. The van der Waals surface area contributed by atoms with Crippen molar-refractivity contribution >= 4 is 18.2 Å². The highest BCUT2D eigenvalue weighted by Crippen LogP contribution is 2.12. The predicted molar refractivity (Wildman–Crippen MR) is 87.2 cm³/mol. The van der Waals surface area contributed by atoms with Crippen molar-refractivity contribution < 1.29 is 14.4 Å². The van der Waals surface area contributed by atoms with Crippen molar-refractivity contribution in [3.63, 3.8) is 0 Å². The van der Waals surface area contributed by atoms with Gasteiger partial charge in [-0.15, -0.1) is 0 Å². The largest absolute Gasteiger partial charge is 0.347 e. The lowest BCUT2D eigenvalue weighted by atomic mass is 10.1. The van der Waals surface area contributed by atoms with Gasteiger partial charge in [0.15, 0.2) is 0 Å². The van der Waals surface area contributed by atoms with Gasteiger partial charge in [-0.25, -0.2) is 0 Å². The lowest BCUT2D eigenvalue weighted by molar-refractivity contribution is -0.119. The summed E-state index contributed by atoms with van der Waals surface area (Å²) in [7, 11) is 0. The van der Waals surface area contributed by atoms with Gasteiger partial charge in [0.2, 0.25) is 6.41 Å². The third-order valence-electron chi connectivity index (χ3n) is 3.61. The molecule has 1 fully saturated rings. The van der Waals surface area contributed by atoms with Crippen LogP contribution in [0.3, 0.4) is 0 Å². The zero-order valence-electron chi connectivity index (χ0n) is 13.8. The number of piperazine rings is 1. The van der Waals surface area contributed by atoms with Crippen molar-refractivity contribution in [3.8, 4) is 0 Å². The number of amides is 3. The van der Waals surface area contributed by atoms with E-state index in [1.54, 1.807) is 34.1 Å². The van der Waals surface area contributed by atoms with Gasteiger partial charge >= 0.3 is 0 Å². The standard InChI is InChI=1S/C17H23N3O3/c1-17(2,3)18-15(22)13-5-4-6-14(11-13)16(23)20-9-7-19(12-21)8-10-20/h4-6,11-12H,7-10H2,1-3H3,(H,18,22). The second kappa shape index (κ2) is 6.81. The molecule has 1 aromatic rings. The average Bonchev–Trinajstić information content (AvgIpc) is 2.53. The van der Waals surface area contributed by atoms with Crippen molar-refractivity contribution in [2.45, 2.75) is 26.3 Å². The Bertz CT molecular complexity index is 599. The quantitative estimate of drug-likeness (QED) is 0.850. The number of nitrogens with one attached hydrogen (secondary N) is 1. The van der Waals surface area contributed by atoms with E-state index in [0.29, 0.717) is 37.3 Å². The van der Waals surface area contributed by atoms with E-state index in [0.717, 1.165) is 6.41 Å². The Kier molecular flexibility index (Phi) is 5.03. The number of hydrogen-bond donors (Lipinski definition) is 1. The molecule has 1 aliphatic rings. The number of hydrogen-bond acceptors (Lipinski definition) is 3. The van der Waals surface area contributed by atoms with E-state index < -0.39 is 0 Å². The van der Waals surface area contributed by atoms with Crippen molar-refractivity contribution in [1.82, 2.24) is 15.1 Å². The molecule has 2 rings (SSSR count). The van der Waals surface area contributed by atoms with Gasteiger partial charge in [0.05, 0.1) is 0 Å². The fraction of sp³-hybridized carbons (Fsp3) is 0.471. The first-order chi connectivity index (χ1) is 10.8. The number of nitrogens with zero attached hydrogens (tertiary/aromatic N) is 2. The minimum atomic E-state index is -0.331. The highest BCUT2D eigenvalue weighted by molar-refractivity contribution is 5.99. The molecule has 1 aliphatic heterocycles. The third kappa shape index (κ3) is 4.55. The van der Waals surface area contributed by atoms with Crippen LogP contribution in [0.4, 0.5) is 0 Å². The summed E-state index contributed by atoms with van der Waals surface area (Å²) >= 11 is 0. The van der Waals surface area contributed by atoms with Gasteiger partial charge in [-0.2, -0.15) is 0 Å². The van der Waals surface area contributed by atoms with Gasteiger partial charge in [-0.3, -0.25) is 14.4 Å². The van der Waals surface area contributed by atoms with Gasteiger partial charge in [0, 0.05) is 42.8 Å². The first kappa shape index (κ1) is 17.0. The van der Waals surface area contributed by atoms with E-state index in [2.05, 4.69) is 5.32 Å². The second-order valence-corrected chi connectivity index (χ2v) is 6.72. The van der Waals surface area contributed by atoms with Crippen molar-refractivity contribution in [1.29, 1.82) is 0 Å². The molecule has 3 amide bonds. The minimum Gasteiger partial charge on any atom is -0.347 e. The van der Waals surface area contributed by atoms with Crippen LogP contribution in [0.2, 0.25) is 0 Å². The summed E-state index contributed by atoms with van der Waals surface area (Å²) < 4.78 is 0. The first-order valence-electron chi connectivity index (χ1n) is 7.71. The molecule has 0 aliphatic carbocycles. The smallest absolute Gasteiger partial charge is 0.253 e. The Morgan fingerprint density at radius 3 is 2.26 bits per heavy atom. The van der Waals surface area contributed by atoms with E-state index >= 15 is 0 Å². The van der Waals surface area contributed by atoms with Crippen LogP contribution in [0, 0.1) is 0 Å². The van der Waals surface area contributed by atoms with E-state index in [1.165, 1.54) is 0 Å². The molecule has 0 spiro atoms. The molecular formula is C17H23N3O3. The van der Waals surface area contributed by atoms with Crippen molar-refractivity contribution in [2.75, 3.05) is 26.2 Å². The number of benzene rings is 1. The molecule has 23 heavy (non-hydrogen) atoms. The highest BCUT2D eigenvalue weighted by Gasteiger charge is 2.22. The summed E-state index contributed by atoms with van der Waals surface area (Å²) in [4.78, 5) is 38.8. The van der Waals surface area contributed by atoms with Crippen LogP contribution in [0.15, 0.2) is 24.3 Å². The van der Waals surface area contributed by atoms with Crippen LogP contribution in [0.1, 0.15) is 41.5 Å². The predicted octanol–water partition coefficient (Wildman–Crippen LogP) is 1.13. The average molecular weight is 317 g/mol. The molecular weight excluding hydrogens is 294 g/mol.